The Hall–Kier alpha value is -1.16. The van der Waals surface area contributed by atoms with Crippen molar-refractivity contribution in [1.29, 1.82) is 0 Å². The van der Waals surface area contributed by atoms with Gasteiger partial charge in [-0.15, -0.1) is 0 Å². The molecule has 1 aliphatic rings. The zero-order chi connectivity index (χ0) is 11.2. The predicted octanol–water partition coefficient (Wildman–Crippen LogP) is 2.28. The average Bonchev–Trinajstić information content (AvgIpc) is 2.76. The molecule has 86 valence electrons. The normalized spacial score (nSPS) is 12.8. The fourth-order valence-electron chi connectivity index (χ4n) is 1.52. The Kier molecular flexibility index (Phi) is 4.10. The number of thioether (sulfide) groups is 1. The molecule has 0 saturated carbocycles. The second-order valence-corrected chi connectivity index (χ2v) is 4.73. The second-order valence-electron chi connectivity index (χ2n) is 3.51. The molecule has 0 bridgehead atoms. The summed E-state index contributed by atoms with van der Waals surface area (Å²) in [5, 5.41) is 0. The highest BCUT2D eigenvalue weighted by molar-refractivity contribution is 7.99. The maximum absolute atomic E-state index is 10.1. The first-order valence-corrected chi connectivity index (χ1v) is 6.45. The largest absolute Gasteiger partial charge is 0.454 e. The van der Waals surface area contributed by atoms with Crippen molar-refractivity contribution in [3.05, 3.63) is 23.8 Å². The molecule has 0 atom stereocenters. The van der Waals surface area contributed by atoms with Crippen molar-refractivity contribution >= 4 is 18.0 Å². The van der Waals surface area contributed by atoms with E-state index in [9.17, 15) is 4.79 Å². The van der Waals surface area contributed by atoms with E-state index < -0.39 is 0 Å². The van der Waals surface area contributed by atoms with Gasteiger partial charge in [0.1, 0.15) is 6.29 Å². The van der Waals surface area contributed by atoms with E-state index in [1.807, 2.05) is 12.1 Å². The second kappa shape index (κ2) is 5.80. The first-order valence-electron chi connectivity index (χ1n) is 5.30. The third kappa shape index (κ3) is 2.92. The third-order valence-electron chi connectivity index (χ3n) is 2.35. The molecular weight excluding hydrogens is 224 g/mol. The van der Waals surface area contributed by atoms with Gasteiger partial charge >= 0.3 is 0 Å². The minimum Gasteiger partial charge on any atom is -0.454 e. The van der Waals surface area contributed by atoms with Crippen LogP contribution < -0.4 is 9.47 Å². The zero-order valence-corrected chi connectivity index (χ0v) is 9.79. The summed E-state index contributed by atoms with van der Waals surface area (Å²) in [5.41, 5.74) is 1.25. The lowest BCUT2D eigenvalue weighted by Crippen LogP contribution is -1.93. The lowest BCUT2D eigenvalue weighted by molar-refractivity contribution is -0.107. The van der Waals surface area contributed by atoms with Crippen LogP contribution in [0.2, 0.25) is 0 Å². The molecule has 0 radical (unpaired) electrons. The molecule has 0 amide bonds. The average molecular weight is 238 g/mol. The summed E-state index contributed by atoms with van der Waals surface area (Å²) >= 11 is 1.80. The van der Waals surface area contributed by atoms with Gasteiger partial charge in [-0.3, -0.25) is 0 Å². The molecule has 1 aromatic rings. The van der Waals surface area contributed by atoms with Crippen LogP contribution in [-0.4, -0.2) is 24.6 Å². The van der Waals surface area contributed by atoms with Gasteiger partial charge in [0.05, 0.1) is 0 Å². The number of rotatable bonds is 6. The maximum Gasteiger partial charge on any atom is 0.231 e. The molecule has 1 heterocycles. The summed E-state index contributed by atoms with van der Waals surface area (Å²) in [5.74, 6) is 3.62. The summed E-state index contributed by atoms with van der Waals surface area (Å²) in [4.78, 5) is 10.1. The van der Waals surface area contributed by atoms with Gasteiger partial charge in [0.25, 0.3) is 0 Å². The molecule has 1 aliphatic heterocycles. The van der Waals surface area contributed by atoms with E-state index in [0.717, 1.165) is 35.7 Å². The molecule has 0 fully saturated rings. The number of hydrogen-bond donors (Lipinski definition) is 0. The molecule has 0 N–H and O–H groups in total. The van der Waals surface area contributed by atoms with Crippen LogP contribution in [0.15, 0.2) is 18.2 Å². The monoisotopic (exact) mass is 238 g/mol. The zero-order valence-electron chi connectivity index (χ0n) is 8.98. The SMILES string of the molecule is O=CCCSCCc1ccc2c(c1)OCO2. The first kappa shape index (κ1) is 11.3. The molecule has 2 rings (SSSR count). The van der Waals surface area contributed by atoms with Crippen LogP contribution in [0.3, 0.4) is 0 Å². The van der Waals surface area contributed by atoms with Gasteiger partial charge in [0.15, 0.2) is 11.5 Å². The van der Waals surface area contributed by atoms with Crippen LogP contribution in [0.5, 0.6) is 11.5 Å². The van der Waals surface area contributed by atoms with Crippen LogP contribution in [-0.2, 0) is 11.2 Å². The van der Waals surface area contributed by atoms with Crippen LogP contribution in [0, 0.1) is 0 Å². The van der Waals surface area contributed by atoms with Crippen LogP contribution >= 0.6 is 11.8 Å². The molecule has 0 unspecified atom stereocenters. The highest BCUT2D eigenvalue weighted by Crippen LogP contribution is 2.32. The molecule has 16 heavy (non-hydrogen) atoms. The summed E-state index contributed by atoms with van der Waals surface area (Å²) < 4.78 is 10.6. The van der Waals surface area contributed by atoms with E-state index in [2.05, 4.69) is 6.07 Å². The van der Waals surface area contributed by atoms with Crippen LogP contribution in [0.1, 0.15) is 12.0 Å². The van der Waals surface area contributed by atoms with Crippen molar-refractivity contribution in [3.8, 4) is 11.5 Å². The molecule has 4 heteroatoms. The van der Waals surface area contributed by atoms with Gasteiger partial charge < -0.3 is 14.3 Å². The number of hydrogen-bond acceptors (Lipinski definition) is 4. The number of ether oxygens (including phenoxy) is 2. The number of fused-ring (bicyclic) bond motifs is 1. The Morgan fingerprint density at radius 2 is 2.12 bits per heavy atom. The Bertz CT molecular complexity index is 365. The van der Waals surface area contributed by atoms with Crippen molar-refractivity contribution in [2.24, 2.45) is 0 Å². The molecular formula is C12H14O3S. The lowest BCUT2D eigenvalue weighted by Gasteiger charge is -2.02. The van der Waals surface area contributed by atoms with Crippen molar-refractivity contribution < 1.29 is 14.3 Å². The van der Waals surface area contributed by atoms with E-state index in [0.29, 0.717) is 13.2 Å². The Balaban J connectivity index is 1.79. The fourth-order valence-corrected chi connectivity index (χ4v) is 2.37. The van der Waals surface area contributed by atoms with Gasteiger partial charge in [-0.25, -0.2) is 0 Å². The number of aryl methyl sites for hydroxylation is 1. The van der Waals surface area contributed by atoms with E-state index in [1.165, 1.54) is 5.56 Å². The minimum absolute atomic E-state index is 0.326. The molecule has 1 aromatic carbocycles. The minimum atomic E-state index is 0.326. The van der Waals surface area contributed by atoms with Crippen molar-refractivity contribution in [1.82, 2.24) is 0 Å². The topological polar surface area (TPSA) is 35.5 Å². The number of aldehydes is 1. The smallest absolute Gasteiger partial charge is 0.231 e. The molecule has 0 saturated heterocycles. The molecule has 3 nitrogen and oxygen atoms in total. The summed E-state index contributed by atoms with van der Waals surface area (Å²) in [6.07, 6.45) is 2.61. The quantitative estimate of drug-likeness (QED) is 0.562. The van der Waals surface area contributed by atoms with Gasteiger partial charge in [-0.05, 0) is 35.6 Å². The van der Waals surface area contributed by atoms with Crippen LogP contribution in [0.4, 0.5) is 0 Å². The highest BCUT2D eigenvalue weighted by atomic mass is 32.2. The van der Waals surface area contributed by atoms with E-state index in [4.69, 9.17) is 9.47 Å². The summed E-state index contributed by atoms with van der Waals surface area (Å²) in [6, 6.07) is 6.05. The van der Waals surface area contributed by atoms with Crippen LogP contribution in [0.25, 0.3) is 0 Å². The summed E-state index contributed by atoms with van der Waals surface area (Å²) in [7, 11) is 0. The van der Waals surface area contributed by atoms with Crippen molar-refractivity contribution in [3.63, 3.8) is 0 Å². The Labute approximate surface area is 99.1 Å². The molecule has 0 aromatic heterocycles. The maximum atomic E-state index is 10.1. The first-order chi connectivity index (χ1) is 7.90. The van der Waals surface area contributed by atoms with Crippen molar-refractivity contribution in [2.75, 3.05) is 18.3 Å². The van der Waals surface area contributed by atoms with E-state index in [-0.39, 0.29) is 0 Å². The van der Waals surface area contributed by atoms with Gasteiger partial charge in [0, 0.05) is 6.42 Å². The lowest BCUT2D eigenvalue weighted by atomic mass is 10.1. The van der Waals surface area contributed by atoms with E-state index >= 15 is 0 Å². The number of carbonyl (C=O) groups excluding carboxylic acids is 1. The molecule has 0 aliphatic carbocycles. The Morgan fingerprint density at radius 3 is 3.00 bits per heavy atom. The third-order valence-corrected chi connectivity index (χ3v) is 3.37. The van der Waals surface area contributed by atoms with Gasteiger partial charge in [-0.1, -0.05) is 6.07 Å². The van der Waals surface area contributed by atoms with Crippen molar-refractivity contribution in [2.45, 2.75) is 12.8 Å². The highest BCUT2D eigenvalue weighted by Gasteiger charge is 2.12. The Morgan fingerprint density at radius 1 is 1.25 bits per heavy atom. The predicted molar refractivity (Wildman–Crippen MR) is 64.3 cm³/mol. The summed E-state index contributed by atoms with van der Waals surface area (Å²) in [6.45, 7) is 0.326. The van der Waals surface area contributed by atoms with Gasteiger partial charge in [0.2, 0.25) is 6.79 Å². The number of benzene rings is 1. The number of carbonyl (C=O) groups is 1. The fraction of sp³-hybridized carbons (Fsp3) is 0.417. The van der Waals surface area contributed by atoms with Gasteiger partial charge in [-0.2, -0.15) is 11.8 Å². The standard InChI is InChI=1S/C12H14O3S/c13-5-1-6-16-7-4-10-2-3-11-12(8-10)15-9-14-11/h2-3,5,8H,1,4,6-7,9H2. The van der Waals surface area contributed by atoms with E-state index in [1.54, 1.807) is 11.8 Å². The molecule has 0 spiro atoms.